The molecule has 1 saturated carbocycles. The van der Waals surface area contributed by atoms with Gasteiger partial charge in [-0.15, -0.1) is 0 Å². The topological polar surface area (TPSA) is 450 Å². The van der Waals surface area contributed by atoms with E-state index in [0.29, 0.717) is 134 Å². The molecular formula is C102H111N11O21S5-2. The third-order valence-corrected chi connectivity index (χ3v) is 33.6. The molecule has 32 nitrogen and oxygen atoms in total. The molecule has 5 N–H and O–H groups in total. The standard InChI is InChI=1S/C102H113N11O21S5/c1-6-110-85-37-35-75-79(61-72(136(121,122)123)63-90(75)138(127,128)129)95(85)101(2,3)92(110)30-12-8-13-31-93-102(4,5)96-80-62-73(137(124,125)126)64-91(139(130,131)132)76(80)36-38-86(96)113(93)47-21-9-14-32-94(114)103-45-46-105-98(116)81(106-99(117)82(56-65-22-10-7-11-23-65)107-100(118)108-52-54-133-55-53-108)39-44-104-97(115)68-40-48-109(49-41-68)135(119,120)89-29-20-17-26-74(89)77-58-71(112-51-43-67-25-16-19-28-84(67)112)60-88-78(77)57-69-33-34-70(59-87(69)134-88)111-50-42-66-24-15-18-27-83(66)111/h8,12-13,15-20,24-31,33-38,57-65,68,81-82H,6-7,9-11,14,21-23,32,39-56H2,1-5H3,(H7-2,103,104,105,106,107,114,115,116,117,118,121,122,123,124,125,126,127,128,129,130,131,132)/p-2/t81-,82-/m0/s1. The van der Waals surface area contributed by atoms with Gasteiger partial charge in [0.15, 0.2) is 12.3 Å². The lowest BCUT2D eigenvalue weighted by Gasteiger charge is -2.32. The van der Waals surface area contributed by atoms with Gasteiger partial charge in [0.2, 0.25) is 50.4 Å². The molecular weight excluding hydrogens is 1880 g/mol. The van der Waals surface area contributed by atoms with E-state index in [1.54, 1.807) is 59.5 Å². The van der Waals surface area contributed by atoms with Gasteiger partial charge in [-0.2, -0.15) is 13.5 Å². The summed E-state index contributed by atoms with van der Waals surface area (Å²) in [6.07, 6.45) is 17.1. The zero-order chi connectivity index (χ0) is 98.4. The molecule has 0 unspecified atom stereocenters. The molecule has 3 fully saturated rings. The van der Waals surface area contributed by atoms with E-state index in [-0.39, 0.29) is 109 Å². The number of anilines is 3. The van der Waals surface area contributed by atoms with Gasteiger partial charge < -0.3 is 68.6 Å². The third kappa shape index (κ3) is 20.6. The first kappa shape index (κ1) is 98.7. The lowest BCUT2D eigenvalue weighted by molar-refractivity contribution is -0.433. The molecule has 8 aromatic carbocycles. The van der Waals surface area contributed by atoms with Crippen molar-refractivity contribution in [2.24, 2.45) is 11.8 Å². The highest BCUT2D eigenvalue weighted by atomic mass is 32.2. The molecule has 2 saturated heterocycles. The Balaban J connectivity index is 0.557. The second-order valence-corrected chi connectivity index (χ2v) is 45.0. The summed E-state index contributed by atoms with van der Waals surface area (Å²) in [5, 5.41) is 16.2. The normalized spacial score (nSPS) is 18.3. The number of amides is 6. The number of carbonyl (C=O) groups is 5. The van der Waals surface area contributed by atoms with Crippen LogP contribution >= 0.6 is 0 Å². The number of benzene rings is 9. The number of morpholine rings is 1. The number of ether oxygens (including phenoxy) is 1. The highest BCUT2D eigenvalue weighted by molar-refractivity contribution is 7.89. The van der Waals surface area contributed by atoms with E-state index in [1.807, 2.05) is 86.6 Å². The Morgan fingerprint density at radius 3 is 1.92 bits per heavy atom. The molecule has 732 valence electrons. The number of urea groups is 1. The van der Waals surface area contributed by atoms with Crippen LogP contribution in [0, 0.1) is 11.8 Å². The number of fused-ring (bicyclic) bond motifs is 10. The van der Waals surface area contributed by atoms with Crippen molar-refractivity contribution in [2.45, 2.75) is 178 Å². The predicted octanol–water partition coefficient (Wildman–Crippen LogP) is 11.9. The maximum Gasteiger partial charge on any atom is 0.318 e. The van der Waals surface area contributed by atoms with Crippen molar-refractivity contribution >= 4 is 147 Å². The molecule has 17 rings (SSSR count). The fourth-order valence-corrected chi connectivity index (χ4v) is 25.6. The minimum absolute atomic E-state index is 0.0219. The van der Waals surface area contributed by atoms with Gasteiger partial charge in [0.1, 0.15) is 70.4 Å². The van der Waals surface area contributed by atoms with Gasteiger partial charge in [-0.3, -0.25) is 19.2 Å². The Kier molecular flexibility index (Phi) is 28.4. The highest BCUT2D eigenvalue weighted by Gasteiger charge is 2.47. The second-order valence-electron chi connectivity index (χ2n) is 37.6. The lowest BCUT2D eigenvalue weighted by Crippen LogP contribution is -2.57. The van der Waals surface area contributed by atoms with Crippen LogP contribution in [0.2, 0.25) is 0 Å². The van der Waals surface area contributed by atoms with E-state index in [9.17, 15) is 75.9 Å². The number of nitrogens with zero attached hydrogens (tertiary/aromatic N) is 6. The number of hydrogen-bond acceptors (Lipinski definition) is 23. The predicted molar refractivity (Wildman–Crippen MR) is 522 cm³/mol. The van der Waals surface area contributed by atoms with E-state index in [4.69, 9.17) is 9.15 Å². The summed E-state index contributed by atoms with van der Waals surface area (Å²) in [6.45, 7) is 12.4. The first-order valence-electron chi connectivity index (χ1n) is 47.2. The molecule has 7 heterocycles. The Morgan fingerprint density at radius 1 is 0.547 bits per heavy atom. The SMILES string of the molecule is CC[N+]1=C(/C=C/C=C/C=C2\N(CCCCCC(=O)NCCNC(=O)[C@H](CCNC(=O)C3CCN(S(=O)(=O)c4ccccc4-c4cc(N5CCc6ccccc65)cc5oc6cc(=[N+]7CCc8ccccc87)ccc-6cc45)CC3)NC(=O)[C@H](CC3CCCCC3)NC(=O)N3CCOCC3)c3ccc4c(S(=O)(=O)[O-])cc(S(=O)(=O)[O-])cc4c3C2(C)C)C(C)(C)c2c1ccc1c(S(=O)(=O)[O-])cc(S(=O)(=O)[O-])cc21. The first-order valence-corrected chi connectivity index (χ1v) is 54.3. The average molecular weight is 1990 g/mol. The molecule has 7 aliphatic heterocycles. The minimum Gasteiger partial charge on any atom is -0.744 e. The van der Waals surface area contributed by atoms with Crippen LogP contribution in [0.15, 0.2) is 223 Å². The Hall–Kier alpha value is -11.9. The van der Waals surface area contributed by atoms with Crippen molar-refractivity contribution in [1.29, 1.82) is 0 Å². The van der Waals surface area contributed by atoms with Crippen molar-refractivity contribution in [2.75, 3.05) is 95.0 Å². The molecule has 2 atom stereocenters. The maximum absolute atomic E-state index is 15.4. The number of piperidine rings is 1. The van der Waals surface area contributed by atoms with Crippen LogP contribution in [0.4, 0.5) is 33.2 Å². The van der Waals surface area contributed by atoms with Gasteiger partial charge in [0.05, 0.1) is 49.2 Å². The molecule has 9 aliphatic rings. The van der Waals surface area contributed by atoms with Gasteiger partial charge in [0.25, 0.3) is 0 Å². The zero-order valence-electron chi connectivity index (χ0n) is 77.8. The first-order chi connectivity index (χ1) is 66.3. The summed E-state index contributed by atoms with van der Waals surface area (Å²) in [5.74, 6) is -1.76. The van der Waals surface area contributed by atoms with Gasteiger partial charge >= 0.3 is 6.03 Å². The third-order valence-electron chi connectivity index (χ3n) is 28.2. The highest BCUT2D eigenvalue weighted by Crippen LogP contribution is 2.53. The molecule has 37 heteroatoms. The van der Waals surface area contributed by atoms with Crippen LogP contribution in [0.1, 0.15) is 140 Å². The van der Waals surface area contributed by atoms with Crippen molar-refractivity contribution in [3.05, 3.63) is 221 Å². The fourth-order valence-electron chi connectivity index (χ4n) is 21.3. The number of para-hydroxylation sites is 2. The summed E-state index contributed by atoms with van der Waals surface area (Å²) < 4.78 is 200. The van der Waals surface area contributed by atoms with Crippen LogP contribution in [0.25, 0.3) is 55.0 Å². The lowest BCUT2D eigenvalue weighted by atomic mass is 9.79. The zero-order valence-corrected chi connectivity index (χ0v) is 81.9. The number of rotatable bonds is 31. The fraction of sp³-hybridized carbons (Fsp3) is 0.382. The average Bonchev–Trinajstić information content (AvgIpc) is 1.56. The minimum atomic E-state index is -5.36. The number of sulfonamides is 1. The van der Waals surface area contributed by atoms with Crippen LogP contribution in [-0.4, -0.2) is 207 Å². The summed E-state index contributed by atoms with van der Waals surface area (Å²) in [6, 6.07) is 42.5. The summed E-state index contributed by atoms with van der Waals surface area (Å²) in [5.41, 5.74) is 9.25. The van der Waals surface area contributed by atoms with Crippen molar-refractivity contribution in [1.82, 2.24) is 40.4 Å². The molecule has 8 aromatic rings. The second kappa shape index (κ2) is 40.0. The van der Waals surface area contributed by atoms with E-state index in [1.165, 1.54) is 27.6 Å². The van der Waals surface area contributed by atoms with Gasteiger partial charge in [0, 0.05) is 169 Å². The van der Waals surface area contributed by atoms with Crippen LogP contribution in [0.3, 0.4) is 0 Å². The number of carbonyl (C=O) groups excluding carboxylic acids is 5. The number of allylic oxidation sites excluding steroid dienone is 6. The monoisotopic (exact) mass is 1990 g/mol. The summed E-state index contributed by atoms with van der Waals surface area (Å²) in [4.78, 5) is 73.5. The van der Waals surface area contributed by atoms with Gasteiger partial charge in [-0.1, -0.05) is 131 Å². The van der Waals surface area contributed by atoms with E-state index < -0.39 is 117 Å². The van der Waals surface area contributed by atoms with Crippen molar-refractivity contribution in [3.8, 4) is 22.5 Å². The van der Waals surface area contributed by atoms with Crippen LogP contribution in [0.5, 0.6) is 0 Å². The smallest absolute Gasteiger partial charge is 0.318 e. The quantitative estimate of drug-likeness (QED) is 0.00885. The summed E-state index contributed by atoms with van der Waals surface area (Å²) in [7, 11) is -25.4. The maximum atomic E-state index is 15.4. The molecule has 139 heavy (non-hydrogen) atoms. The molecule has 2 aliphatic carbocycles. The Labute approximate surface area is 808 Å². The largest absolute Gasteiger partial charge is 0.744 e. The Bertz CT molecular complexity index is 7400. The van der Waals surface area contributed by atoms with E-state index in [0.717, 1.165) is 97.0 Å². The van der Waals surface area contributed by atoms with Crippen LogP contribution < -0.4 is 46.3 Å². The molecule has 0 radical (unpaired) electrons. The molecule has 0 spiro atoms. The number of hydrogen-bond donors (Lipinski definition) is 5. The number of nitrogens with one attached hydrogen (secondary N) is 5. The summed E-state index contributed by atoms with van der Waals surface area (Å²) >= 11 is 0. The molecule has 6 amide bonds. The Morgan fingerprint density at radius 2 is 1.22 bits per heavy atom. The van der Waals surface area contributed by atoms with Crippen molar-refractivity contribution < 1.29 is 98.0 Å². The van der Waals surface area contributed by atoms with Crippen molar-refractivity contribution in [3.63, 3.8) is 0 Å². The van der Waals surface area contributed by atoms with Gasteiger partial charge in [-0.25, -0.2) is 46.9 Å². The molecule has 0 bridgehead atoms. The number of unbranched alkanes of at least 4 members (excludes halogenated alkanes) is 2. The van der Waals surface area contributed by atoms with Crippen LogP contribution in [-0.2, 0) is 98.1 Å². The van der Waals surface area contributed by atoms with E-state index >= 15 is 8.42 Å². The van der Waals surface area contributed by atoms with E-state index in [2.05, 4.69) is 90.7 Å². The van der Waals surface area contributed by atoms with Gasteiger partial charge in [-0.05, 0) is 177 Å². The molecule has 0 aromatic heterocycles.